The van der Waals surface area contributed by atoms with Crippen LogP contribution >= 0.6 is 12.4 Å². The van der Waals surface area contributed by atoms with Crippen molar-refractivity contribution in [2.75, 3.05) is 4.90 Å². The van der Waals surface area contributed by atoms with Gasteiger partial charge >= 0.3 is 0 Å². The molecule has 0 aromatic heterocycles. The SMILES string of the molecule is CC1(C)N=C(N)N=C(N)N1c1cccc(C=Cc2ccc([N+](=O)[O-])cc2)c1.Cl. The molecular formula is C19H21ClN6O2. The van der Waals surface area contributed by atoms with Crippen molar-refractivity contribution in [3.63, 3.8) is 0 Å². The average molecular weight is 401 g/mol. The monoisotopic (exact) mass is 400 g/mol. The number of anilines is 1. The summed E-state index contributed by atoms with van der Waals surface area (Å²) in [7, 11) is 0. The van der Waals surface area contributed by atoms with Gasteiger partial charge in [-0.05, 0) is 49.2 Å². The number of aliphatic imine (C=N–C) groups is 2. The number of nitro benzene ring substituents is 1. The number of nitrogens with zero attached hydrogens (tertiary/aromatic N) is 4. The van der Waals surface area contributed by atoms with Gasteiger partial charge in [-0.15, -0.1) is 12.4 Å². The van der Waals surface area contributed by atoms with E-state index in [2.05, 4.69) is 9.98 Å². The summed E-state index contributed by atoms with van der Waals surface area (Å²) in [6.45, 7) is 3.81. The molecule has 1 heterocycles. The lowest BCUT2D eigenvalue weighted by Gasteiger charge is -2.38. The Morgan fingerprint density at radius 2 is 1.71 bits per heavy atom. The van der Waals surface area contributed by atoms with Crippen LogP contribution in [0.15, 0.2) is 58.5 Å². The third kappa shape index (κ3) is 4.47. The first kappa shape index (κ1) is 20.9. The predicted octanol–water partition coefficient (Wildman–Crippen LogP) is 3.37. The molecule has 0 unspecified atom stereocenters. The molecule has 1 aliphatic rings. The van der Waals surface area contributed by atoms with E-state index in [9.17, 15) is 10.1 Å². The van der Waals surface area contributed by atoms with Gasteiger partial charge in [0.15, 0.2) is 0 Å². The summed E-state index contributed by atoms with van der Waals surface area (Å²) in [5, 5.41) is 10.7. The summed E-state index contributed by atoms with van der Waals surface area (Å²) in [4.78, 5) is 20.5. The minimum atomic E-state index is -0.656. The number of benzene rings is 2. The Kier molecular flexibility index (Phi) is 6.05. The number of rotatable bonds is 4. The van der Waals surface area contributed by atoms with Crippen LogP contribution in [-0.2, 0) is 0 Å². The van der Waals surface area contributed by atoms with E-state index in [0.717, 1.165) is 16.8 Å². The number of nitro groups is 1. The highest BCUT2D eigenvalue weighted by molar-refractivity contribution is 6.05. The minimum Gasteiger partial charge on any atom is -0.369 e. The van der Waals surface area contributed by atoms with Gasteiger partial charge in [0.1, 0.15) is 5.66 Å². The molecular weight excluding hydrogens is 380 g/mol. The van der Waals surface area contributed by atoms with Gasteiger partial charge in [-0.3, -0.25) is 15.0 Å². The Labute approximate surface area is 168 Å². The van der Waals surface area contributed by atoms with Crippen molar-refractivity contribution in [2.45, 2.75) is 19.5 Å². The summed E-state index contributed by atoms with van der Waals surface area (Å²) >= 11 is 0. The molecule has 0 amide bonds. The summed E-state index contributed by atoms with van der Waals surface area (Å²) in [6, 6.07) is 14.1. The van der Waals surface area contributed by atoms with E-state index in [0.29, 0.717) is 0 Å². The van der Waals surface area contributed by atoms with Crippen molar-refractivity contribution < 1.29 is 4.92 Å². The normalized spacial score (nSPS) is 15.6. The Hall–Kier alpha value is -3.39. The highest BCUT2D eigenvalue weighted by Crippen LogP contribution is 2.28. The molecule has 146 valence electrons. The van der Waals surface area contributed by atoms with Crippen LogP contribution in [-0.4, -0.2) is 22.5 Å². The molecule has 28 heavy (non-hydrogen) atoms. The molecule has 0 atom stereocenters. The van der Waals surface area contributed by atoms with Gasteiger partial charge in [0, 0.05) is 17.8 Å². The van der Waals surface area contributed by atoms with Crippen LogP contribution in [0.4, 0.5) is 11.4 Å². The summed E-state index contributed by atoms with van der Waals surface area (Å²) in [5.74, 6) is 0.437. The molecule has 2 aromatic rings. The smallest absolute Gasteiger partial charge is 0.269 e. The molecule has 0 radical (unpaired) electrons. The maximum atomic E-state index is 10.7. The van der Waals surface area contributed by atoms with Gasteiger partial charge < -0.3 is 11.5 Å². The second-order valence-electron chi connectivity index (χ2n) is 6.55. The summed E-state index contributed by atoms with van der Waals surface area (Å²) in [6.07, 6.45) is 3.81. The lowest BCUT2D eigenvalue weighted by atomic mass is 10.1. The third-order valence-corrected chi connectivity index (χ3v) is 4.09. The Bertz CT molecular complexity index is 967. The first-order chi connectivity index (χ1) is 12.8. The largest absolute Gasteiger partial charge is 0.369 e. The molecule has 3 rings (SSSR count). The topological polar surface area (TPSA) is 123 Å². The number of nitrogens with two attached hydrogens (primary N) is 2. The van der Waals surface area contributed by atoms with E-state index in [1.807, 2.05) is 55.2 Å². The minimum absolute atomic E-state index is 0. The van der Waals surface area contributed by atoms with Gasteiger partial charge in [0.05, 0.1) is 4.92 Å². The van der Waals surface area contributed by atoms with Crippen molar-refractivity contribution >= 4 is 47.9 Å². The fraction of sp³-hybridized carbons (Fsp3) is 0.158. The molecule has 0 fully saturated rings. The molecule has 8 nitrogen and oxygen atoms in total. The fourth-order valence-electron chi connectivity index (χ4n) is 2.92. The van der Waals surface area contributed by atoms with E-state index in [1.54, 1.807) is 12.1 Å². The summed E-state index contributed by atoms with van der Waals surface area (Å²) < 4.78 is 0. The van der Waals surface area contributed by atoms with E-state index in [1.165, 1.54) is 12.1 Å². The van der Waals surface area contributed by atoms with Crippen molar-refractivity contribution in [2.24, 2.45) is 21.5 Å². The highest BCUT2D eigenvalue weighted by atomic mass is 35.5. The molecule has 2 aromatic carbocycles. The highest BCUT2D eigenvalue weighted by Gasteiger charge is 2.32. The van der Waals surface area contributed by atoms with Crippen molar-refractivity contribution in [1.82, 2.24) is 0 Å². The zero-order valence-electron chi connectivity index (χ0n) is 15.4. The van der Waals surface area contributed by atoms with Crippen molar-refractivity contribution in [3.8, 4) is 0 Å². The van der Waals surface area contributed by atoms with Crippen molar-refractivity contribution in [3.05, 3.63) is 69.8 Å². The molecule has 0 aliphatic carbocycles. The lowest BCUT2D eigenvalue weighted by Crippen LogP contribution is -2.54. The quantitative estimate of drug-likeness (QED) is 0.462. The second-order valence-corrected chi connectivity index (χ2v) is 6.55. The second kappa shape index (κ2) is 8.10. The van der Waals surface area contributed by atoms with Gasteiger partial charge in [-0.2, -0.15) is 4.99 Å². The van der Waals surface area contributed by atoms with E-state index >= 15 is 0 Å². The van der Waals surface area contributed by atoms with Crippen LogP contribution in [0.1, 0.15) is 25.0 Å². The zero-order chi connectivity index (χ0) is 19.6. The number of guanidine groups is 2. The van der Waals surface area contributed by atoms with Gasteiger partial charge in [0.25, 0.3) is 5.69 Å². The first-order valence-corrected chi connectivity index (χ1v) is 8.28. The molecule has 0 bridgehead atoms. The summed E-state index contributed by atoms with van der Waals surface area (Å²) in [5.41, 5.74) is 13.8. The van der Waals surface area contributed by atoms with Crippen LogP contribution < -0.4 is 16.4 Å². The van der Waals surface area contributed by atoms with Crippen LogP contribution in [0.2, 0.25) is 0 Å². The van der Waals surface area contributed by atoms with E-state index < -0.39 is 10.6 Å². The van der Waals surface area contributed by atoms with E-state index in [-0.39, 0.29) is 30.0 Å². The molecule has 9 heteroatoms. The Balaban J connectivity index is 0.00000280. The first-order valence-electron chi connectivity index (χ1n) is 8.28. The van der Waals surface area contributed by atoms with Crippen LogP contribution in [0.25, 0.3) is 12.2 Å². The van der Waals surface area contributed by atoms with Gasteiger partial charge in [0.2, 0.25) is 11.9 Å². The zero-order valence-corrected chi connectivity index (χ0v) is 16.3. The fourth-order valence-corrected chi connectivity index (χ4v) is 2.92. The number of halogens is 1. The van der Waals surface area contributed by atoms with Gasteiger partial charge in [-0.25, -0.2) is 4.99 Å². The number of hydrogen-bond donors (Lipinski definition) is 2. The predicted molar refractivity (Wildman–Crippen MR) is 116 cm³/mol. The van der Waals surface area contributed by atoms with Crippen LogP contribution in [0.5, 0.6) is 0 Å². The molecule has 4 N–H and O–H groups in total. The standard InChI is InChI=1S/C19H20N6O2.ClH/c1-19(2)23-17(20)22-18(21)24(19)16-5-3-4-14(12-16)7-6-13-8-10-15(11-9-13)25(26)27;/h3-12H,1-2H3,(H4,20,21,22,23);1H. The Morgan fingerprint density at radius 3 is 2.32 bits per heavy atom. The van der Waals surface area contributed by atoms with Crippen LogP contribution in [0, 0.1) is 10.1 Å². The maximum Gasteiger partial charge on any atom is 0.269 e. The lowest BCUT2D eigenvalue weighted by molar-refractivity contribution is -0.384. The third-order valence-electron chi connectivity index (χ3n) is 4.09. The number of hydrogen-bond acceptors (Lipinski definition) is 7. The van der Waals surface area contributed by atoms with E-state index in [4.69, 9.17) is 11.5 Å². The molecule has 0 saturated heterocycles. The van der Waals surface area contributed by atoms with Gasteiger partial charge in [-0.1, -0.05) is 24.3 Å². The number of non-ortho nitro benzene ring substituents is 1. The average Bonchev–Trinajstić information content (AvgIpc) is 2.59. The molecule has 0 saturated carbocycles. The Morgan fingerprint density at radius 1 is 1.07 bits per heavy atom. The maximum absolute atomic E-state index is 10.7. The van der Waals surface area contributed by atoms with Crippen molar-refractivity contribution in [1.29, 1.82) is 0 Å². The molecule has 0 spiro atoms. The van der Waals surface area contributed by atoms with Crippen LogP contribution in [0.3, 0.4) is 0 Å². The molecule has 1 aliphatic heterocycles.